The minimum absolute atomic E-state index is 0. The Kier molecular flexibility index (Phi) is 7.52. The molecule has 9 heteroatoms. The van der Waals surface area contributed by atoms with Crippen molar-refractivity contribution in [3.63, 3.8) is 0 Å². The highest BCUT2D eigenvalue weighted by atomic mass is 127. The zero-order chi connectivity index (χ0) is 17.0. The number of nitrogens with two attached hydrogens (primary N) is 1. The van der Waals surface area contributed by atoms with Crippen LogP contribution in [0.25, 0.3) is 0 Å². The number of aliphatic imine (C=N–C) groups is 1. The molecule has 2 unspecified atom stereocenters. The van der Waals surface area contributed by atoms with Gasteiger partial charge in [-0.1, -0.05) is 6.92 Å². The van der Waals surface area contributed by atoms with Crippen LogP contribution >= 0.6 is 24.0 Å². The lowest BCUT2D eigenvalue weighted by molar-refractivity contribution is -0.145. The van der Waals surface area contributed by atoms with Crippen LogP contribution in [0.2, 0.25) is 0 Å². The van der Waals surface area contributed by atoms with Crippen molar-refractivity contribution >= 4 is 41.8 Å². The molecule has 24 heavy (non-hydrogen) atoms. The highest BCUT2D eigenvalue weighted by molar-refractivity contribution is 14.0. The van der Waals surface area contributed by atoms with Gasteiger partial charge in [0.15, 0.2) is 11.7 Å². The number of halogens is 1. The van der Waals surface area contributed by atoms with Gasteiger partial charge in [-0.2, -0.15) is 0 Å². The SMILES string of the molecule is CN=C(NCc1ccc(C(N)=O)o1)N1CC(C)C(C(=O)OC)C1.I. The van der Waals surface area contributed by atoms with E-state index in [0.29, 0.717) is 31.4 Å². The summed E-state index contributed by atoms with van der Waals surface area (Å²) < 4.78 is 10.2. The minimum Gasteiger partial charge on any atom is -0.469 e. The Balaban J connectivity index is 0.00000288. The summed E-state index contributed by atoms with van der Waals surface area (Å²) >= 11 is 0. The lowest BCUT2D eigenvalue weighted by Crippen LogP contribution is -2.40. The Morgan fingerprint density at radius 2 is 2.17 bits per heavy atom. The normalized spacial score (nSPS) is 20.5. The first-order valence-electron chi connectivity index (χ1n) is 7.38. The molecule has 2 atom stereocenters. The van der Waals surface area contributed by atoms with E-state index in [-0.39, 0.29) is 47.5 Å². The molecule has 1 aliphatic heterocycles. The number of guanidine groups is 1. The third-order valence-corrected chi connectivity index (χ3v) is 3.95. The quantitative estimate of drug-likeness (QED) is 0.304. The van der Waals surface area contributed by atoms with E-state index in [9.17, 15) is 9.59 Å². The summed E-state index contributed by atoms with van der Waals surface area (Å²) in [5.74, 6) is 0.589. The zero-order valence-electron chi connectivity index (χ0n) is 13.9. The number of methoxy groups -OCH3 is 1. The van der Waals surface area contributed by atoms with Crippen LogP contribution in [0.1, 0.15) is 23.2 Å². The Morgan fingerprint density at radius 3 is 2.71 bits per heavy atom. The molecule has 2 rings (SSSR count). The molecule has 1 aromatic rings. The Morgan fingerprint density at radius 1 is 1.46 bits per heavy atom. The Labute approximate surface area is 157 Å². The molecule has 3 N–H and O–H groups in total. The molecule has 2 heterocycles. The molecule has 1 aliphatic rings. The lowest BCUT2D eigenvalue weighted by Gasteiger charge is -2.21. The van der Waals surface area contributed by atoms with Gasteiger partial charge in [0, 0.05) is 20.1 Å². The standard InChI is InChI=1S/C15H22N4O4.HI/c1-9-7-19(8-11(9)14(21)22-3)15(17-2)18-6-10-4-5-12(23-10)13(16)20;/h4-5,9,11H,6-8H2,1-3H3,(H2,16,20)(H,17,18);1H. The zero-order valence-corrected chi connectivity index (χ0v) is 16.3. The molecule has 1 fully saturated rings. The molecule has 1 aromatic heterocycles. The highest BCUT2D eigenvalue weighted by Gasteiger charge is 2.36. The first-order valence-corrected chi connectivity index (χ1v) is 7.38. The monoisotopic (exact) mass is 450 g/mol. The summed E-state index contributed by atoms with van der Waals surface area (Å²) in [5, 5.41) is 3.16. The third-order valence-electron chi connectivity index (χ3n) is 3.95. The van der Waals surface area contributed by atoms with Gasteiger partial charge >= 0.3 is 5.97 Å². The number of rotatable bonds is 4. The van der Waals surface area contributed by atoms with Crippen LogP contribution in [0.4, 0.5) is 0 Å². The summed E-state index contributed by atoms with van der Waals surface area (Å²) in [7, 11) is 3.08. The molecule has 0 aromatic carbocycles. The van der Waals surface area contributed by atoms with Crippen LogP contribution < -0.4 is 11.1 Å². The van der Waals surface area contributed by atoms with Crippen LogP contribution in [-0.2, 0) is 16.1 Å². The molecule has 8 nitrogen and oxygen atoms in total. The second kappa shape index (κ2) is 8.90. The number of ether oxygens (including phenoxy) is 1. The number of primary amides is 1. The molecule has 134 valence electrons. The van der Waals surface area contributed by atoms with Crippen molar-refractivity contribution < 1.29 is 18.7 Å². The van der Waals surface area contributed by atoms with Crippen LogP contribution in [0.15, 0.2) is 21.5 Å². The highest BCUT2D eigenvalue weighted by Crippen LogP contribution is 2.24. The van der Waals surface area contributed by atoms with Crippen molar-refractivity contribution in [3.8, 4) is 0 Å². The average molecular weight is 450 g/mol. The predicted octanol–water partition coefficient (Wildman–Crippen LogP) is 0.813. The van der Waals surface area contributed by atoms with E-state index in [1.165, 1.54) is 13.2 Å². The van der Waals surface area contributed by atoms with Crippen LogP contribution in [0.5, 0.6) is 0 Å². The van der Waals surface area contributed by atoms with E-state index < -0.39 is 5.91 Å². The number of hydrogen-bond acceptors (Lipinski definition) is 5. The average Bonchev–Trinajstić information content (AvgIpc) is 3.14. The van der Waals surface area contributed by atoms with Gasteiger partial charge in [-0.3, -0.25) is 14.6 Å². The van der Waals surface area contributed by atoms with Crippen molar-refractivity contribution in [1.29, 1.82) is 0 Å². The smallest absolute Gasteiger partial charge is 0.310 e. The van der Waals surface area contributed by atoms with Crippen molar-refractivity contribution in [1.82, 2.24) is 10.2 Å². The lowest BCUT2D eigenvalue weighted by atomic mass is 9.99. The number of likely N-dealkylation sites (tertiary alicyclic amines) is 1. The van der Waals surface area contributed by atoms with Gasteiger partial charge in [0.1, 0.15) is 5.76 Å². The van der Waals surface area contributed by atoms with Gasteiger partial charge in [-0.25, -0.2) is 0 Å². The molecular formula is C15H23IN4O4. The summed E-state index contributed by atoms with van der Waals surface area (Å²) in [5.41, 5.74) is 5.15. The summed E-state index contributed by atoms with van der Waals surface area (Å²) in [6, 6.07) is 3.22. The second-order valence-corrected chi connectivity index (χ2v) is 5.54. The summed E-state index contributed by atoms with van der Waals surface area (Å²) in [4.78, 5) is 29.0. The van der Waals surface area contributed by atoms with Gasteiger partial charge in [-0.05, 0) is 18.1 Å². The number of carbonyl (C=O) groups is 2. The van der Waals surface area contributed by atoms with Gasteiger partial charge in [0.25, 0.3) is 5.91 Å². The Bertz CT molecular complexity index is 616. The minimum atomic E-state index is -0.602. The molecule has 0 radical (unpaired) electrons. The summed E-state index contributed by atoms with van der Waals surface area (Å²) in [6.07, 6.45) is 0. The molecule has 0 saturated carbocycles. The molecule has 0 spiro atoms. The van der Waals surface area contributed by atoms with E-state index >= 15 is 0 Å². The first kappa shape index (κ1) is 20.3. The number of amides is 1. The van der Waals surface area contributed by atoms with Gasteiger partial charge in [0.05, 0.1) is 19.6 Å². The number of nitrogens with zero attached hydrogens (tertiary/aromatic N) is 2. The van der Waals surface area contributed by atoms with E-state index in [2.05, 4.69) is 10.3 Å². The number of carbonyl (C=O) groups excluding carboxylic acids is 2. The number of nitrogens with one attached hydrogen (secondary N) is 1. The summed E-state index contributed by atoms with van der Waals surface area (Å²) in [6.45, 7) is 3.65. The maximum atomic E-state index is 11.8. The van der Waals surface area contributed by atoms with Gasteiger partial charge in [0.2, 0.25) is 0 Å². The number of furan rings is 1. The maximum Gasteiger partial charge on any atom is 0.310 e. The van der Waals surface area contributed by atoms with Crippen molar-refractivity contribution in [2.24, 2.45) is 22.6 Å². The van der Waals surface area contributed by atoms with Crippen molar-refractivity contribution in [2.75, 3.05) is 27.2 Å². The van der Waals surface area contributed by atoms with E-state index in [1.54, 1.807) is 13.1 Å². The molecule has 0 aliphatic carbocycles. The molecule has 1 saturated heterocycles. The van der Waals surface area contributed by atoms with Crippen LogP contribution in [0, 0.1) is 11.8 Å². The topological polar surface area (TPSA) is 110 Å². The molecule has 1 amide bonds. The number of hydrogen-bond donors (Lipinski definition) is 2. The van der Waals surface area contributed by atoms with Crippen LogP contribution in [0.3, 0.4) is 0 Å². The largest absolute Gasteiger partial charge is 0.469 e. The Hall–Kier alpha value is -1.78. The van der Waals surface area contributed by atoms with Crippen LogP contribution in [-0.4, -0.2) is 50.0 Å². The van der Waals surface area contributed by atoms with E-state index in [4.69, 9.17) is 14.9 Å². The first-order chi connectivity index (χ1) is 11.0. The molecule has 0 bridgehead atoms. The van der Waals surface area contributed by atoms with Gasteiger partial charge < -0.3 is 25.1 Å². The second-order valence-electron chi connectivity index (χ2n) is 5.54. The fourth-order valence-electron chi connectivity index (χ4n) is 2.70. The fourth-order valence-corrected chi connectivity index (χ4v) is 2.70. The molecular weight excluding hydrogens is 427 g/mol. The van der Waals surface area contributed by atoms with E-state index in [1.807, 2.05) is 11.8 Å². The predicted molar refractivity (Wildman–Crippen MR) is 99.1 cm³/mol. The third kappa shape index (κ3) is 4.62. The number of esters is 1. The van der Waals surface area contributed by atoms with Gasteiger partial charge in [-0.15, -0.1) is 24.0 Å². The maximum absolute atomic E-state index is 11.8. The van der Waals surface area contributed by atoms with E-state index in [0.717, 1.165) is 0 Å². The fraction of sp³-hybridized carbons (Fsp3) is 0.533. The van der Waals surface area contributed by atoms with Crippen molar-refractivity contribution in [3.05, 3.63) is 23.7 Å². The van der Waals surface area contributed by atoms with Crippen molar-refractivity contribution in [2.45, 2.75) is 13.5 Å².